The average Bonchev–Trinajstić information content (AvgIpc) is 3.58. The molecular formula is C26H31NO6. The van der Waals surface area contributed by atoms with Crippen LogP contribution in [0.4, 0.5) is 0 Å². The van der Waals surface area contributed by atoms with Gasteiger partial charge in [-0.1, -0.05) is 19.9 Å². The van der Waals surface area contributed by atoms with Crippen molar-refractivity contribution in [2.75, 3.05) is 13.7 Å². The molecule has 0 saturated heterocycles. The van der Waals surface area contributed by atoms with E-state index in [9.17, 15) is 14.4 Å². The summed E-state index contributed by atoms with van der Waals surface area (Å²) in [6.45, 7) is 8.13. The summed E-state index contributed by atoms with van der Waals surface area (Å²) < 4.78 is 16.4. The molecule has 2 atom stereocenters. The van der Waals surface area contributed by atoms with Crippen molar-refractivity contribution in [2.24, 2.45) is 22.2 Å². The number of benzene rings is 1. The lowest BCUT2D eigenvalue weighted by Gasteiger charge is -2.41. The van der Waals surface area contributed by atoms with Gasteiger partial charge in [-0.2, -0.15) is 0 Å². The van der Waals surface area contributed by atoms with Crippen LogP contribution in [0.15, 0.2) is 34.5 Å². The molecule has 1 unspecified atom stereocenters. The van der Waals surface area contributed by atoms with Crippen molar-refractivity contribution in [1.82, 2.24) is 0 Å². The minimum absolute atomic E-state index is 0.0454. The van der Waals surface area contributed by atoms with Crippen LogP contribution in [0.25, 0.3) is 0 Å². The summed E-state index contributed by atoms with van der Waals surface area (Å²) in [6, 6.07) is 5.26. The molecule has 0 N–H and O–H groups in total. The number of carbonyl (C=O) groups excluding carboxylic acids is 3. The van der Waals surface area contributed by atoms with Gasteiger partial charge in [0.1, 0.15) is 5.78 Å². The monoisotopic (exact) mass is 453 g/mol. The second kappa shape index (κ2) is 8.76. The van der Waals surface area contributed by atoms with Gasteiger partial charge in [0.05, 0.1) is 31.1 Å². The number of hydrogen-bond donors (Lipinski definition) is 0. The molecule has 2 aliphatic carbocycles. The maximum absolute atomic E-state index is 13.3. The lowest BCUT2D eigenvalue weighted by Crippen LogP contribution is -2.44. The molecule has 2 saturated carbocycles. The zero-order valence-corrected chi connectivity index (χ0v) is 19.9. The molecule has 4 rings (SSSR count). The fourth-order valence-corrected chi connectivity index (χ4v) is 4.91. The average molecular weight is 454 g/mol. The zero-order valence-electron chi connectivity index (χ0n) is 19.9. The Hall–Kier alpha value is -2.96. The Balaban J connectivity index is 1.79. The lowest BCUT2D eigenvalue weighted by atomic mass is 9.63. The van der Waals surface area contributed by atoms with Crippen LogP contribution in [-0.2, 0) is 19.1 Å². The minimum atomic E-state index is -0.541. The van der Waals surface area contributed by atoms with E-state index in [2.05, 4.69) is 13.8 Å². The van der Waals surface area contributed by atoms with Crippen LogP contribution >= 0.6 is 0 Å². The van der Waals surface area contributed by atoms with E-state index in [4.69, 9.17) is 19.2 Å². The van der Waals surface area contributed by atoms with Gasteiger partial charge in [-0.25, -0.2) is 4.79 Å². The molecule has 1 aliphatic heterocycles. The SMILES string of the molecule is CCOc1cc([C@H]2C(C(=O)OC)=C(C)N=C3CC(C)(C)CC(=O)C32)ccc1OC(=O)C1CC1. The fraction of sp³-hybridized carbons (Fsp3) is 0.538. The molecule has 0 spiro atoms. The summed E-state index contributed by atoms with van der Waals surface area (Å²) in [7, 11) is 1.33. The van der Waals surface area contributed by atoms with Gasteiger partial charge in [0.15, 0.2) is 11.5 Å². The molecule has 0 bridgehead atoms. The topological polar surface area (TPSA) is 91.3 Å². The van der Waals surface area contributed by atoms with Crippen LogP contribution in [-0.4, -0.2) is 37.2 Å². The predicted molar refractivity (Wildman–Crippen MR) is 122 cm³/mol. The third-order valence-electron chi connectivity index (χ3n) is 6.52. The lowest BCUT2D eigenvalue weighted by molar-refractivity contribution is -0.137. The highest BCUT2D eigenvalue weighted by Gasteiger charge is 2.47. The first-order valence-electron chi connectivity index (χ1n) is 11.5. The summed E-state index contributed by atoms with van der Waals surface area (Å²) in [5.74, 6) is -1.06. The number of rotatable bonds is 6. The zero-order chi connectivity index (χ0) is 23.9. The number of nitrogens with zero attached hydrogens (tertiary/aromatic N) is 1. The Morgan fingerprint density at radius 2 is 1.85 bits per heavy atom. The summed E-state index contributed by atoms with van der Waals surface area (Å²) in [5.41, 5.74) is 2.29. The Kier molecular flexibility index (Phi) is 6.16. The van der Waals surface area contributed by atoms with E-state index in [0.29, 0.717) is 42.2 Å². The number of hydrogen-bond acceptors (Lipinski definition) is 7. The fourth-order valence-electron chi connectivity index (χ4n) is 4.91. The van der Waals surface area contributed by atoms with Gasteiger partial charge in [0, 0.05) is 23.7 Å². The Morgan fingerprint density at radius 1 is 1.12 bits per heavy atom. The smallest absolute Gasteiger partial charge is 0.336 e. The van der Waals surface area contributed by atoms with Gasteiger partial charge in [-0.15, -0.1) is 0 Å². The van der Waals surface area contributed by atoms with E-state index >= 15 is 0 Å². The van der Waals surface area contributed by atoms with Crippen LogP contribution in [0.1, 0.15) is 64.9 Å². The Bertz CT molecular complexity index is 1060. The number of ether oxygens (including phenoxy) is 3. The van der Waals surface area contributed by atoms with Crippen LogP contribution in [0.3, 0.4) is 0 Å². The molecule has 2 fully saturated rings. The largest absolute Gasteiger partial charge is 0.490 e. The number of ketones is 1. The molecule has 176 valence electrons. The number of esters is 2. The number of Topliss-reactive ketones (excluding diaryl/α,β-unsaturated/α-hetero) is 1. The molecular weight excluding hydrogens is 422 g/mol. The van der Waals surface area contributed by atoms with Gasteiger partial charge in [-0.3, -0.25) is 14.6 Å². The first-order chi connectivity index (χ1) is 15.6. The molecule has 1 heterocycles. The highest BCUT2D eigenvalue weighted by atomic mass is 16.6. The molecule has 0 aromatic heterocycles. The highest BCUT2D eigenvalue weighted by Crippen LogP contribution is 2.48. The van der Waals surface area contributed by atoms with E-state index in [1.54, 1.807) is 25.1 Å². The van der Waals surface area contributed by atoms with Gasteiger partial charge in [-0.05, 0) is 56.2 Å². The maximum atomic E-state index is 13.3. The normalized spacial score (nSPS) is 24.0. The van der Waals surface area contributed by atoms with Crippen molar-refractivity contribution in [1.29, 1.82) is 0 Å². The summed E-state index contributed by atoms with van der Waals surface area (Å²) >= 11 is 0. The summed E-state index contributed by atoms with van der Waals surface area (Å²) in [6.07, 6.45) is 2.78. The van der Waals surface area contributed by atoms with Crippen molar-refractivity contribution in [3.63, 3.8) is 0 Å². The Morgan fingerprint density at radius 3 is 2.48 bits per heavy atom. The van der Waals surface area contributed by atoms with Crippen molar-refractivity contribution in [3.05, 3.63) is 35.0 Å². The van der Waals surface area contributed by atoms with Crippen LogP contribution < -0.4 is 9.47 Å². The van der Waals surface area contributed by atoms with Crippen molar-refractivity contribution >= 4 is 23.4 Å². The Labute approximate surface area is 194 Å². The number of allylic oxidation sites excluding steroid dienone is 1. The minimum Gasteiger partial charge on any atom is -0.490 e. The third kappa shape index (κ3) is 4.59. The molecule has 3 aliphatic rings. The molecule has 1 aromatic rings. The molecule has 33 heavy (non-hydrogen) atoms. The van der Waals surface area contributed by atoms with Crippen LogP contribution in [0, 0.1) is 17.3 Å². The van der Waals surface area contributed by atoms with Gasteiger partial charge in [0.2, 0.25) is 0 Å². The van der Waals surface area contributed by atoms with E-state index in [-0.39, 0.29) is 23.1 Å². The number of methoxy groups -OCH3 is 1. The maximum Gasteiger partial charge on any atom is 0.336 e. The first kappa shape index (κ1) is 23.2. The standard InChI is InChI=1S/C26H31NO6/c1-6-32-20-11-16(9-10-19(20)33-24(29)15-7-8-15)22-21(25(30)31-5)14(2)27-17-12-26(3,4)13-18(28)23(17)22/h9-11,15,22-23H,6-8,12-13H2,1-5H3/t22-,23?/m0/s1. The van der Waals surface area contributed by atoms with E-state index in [0.717, 1.165) is 24.1 Å². The number of aliphatic imine (C=N–C) groups is 1. The van der Waals surface area contributed by atoms with E-state index < -0.39 is 17.8 Å². The highest BCUT2D eigenvalue weighted by molar-refractivity contribution is 6.12. The third-order valence-corrected chi connectivity index (χ3v) is 6.52. The second-order valence-electron chi connectivity index (χ2n) is 9.87. The molecule has 0 radical (unpaired) electrons. The van der Waals surface area contributed by atoms with Gasteiger partial charge >= 0.3 is 11.9 Å². The molecule has 7 nitrogen and oxygen atoms in total. The summed E-state index contributed by atoms with van der Waals surface area (Å²) in [4.78, 5) is 43.1. The second-order valence-corrected chi connectivity index (χ2v) is 9.87. The number of carbonyl (C=O) groups is 3. The first-order valence-corrected chi connectivity index (χ1v) is 11.5. The molecule has 0 amide bonds. The van der Waals surface area contributed by atoms with Gasteiger partial charge in [0.25, 0.3) is 0 Å². The van der Waals surface area contributed by atoms with Crippen LogP contribution in [0.2, 0.25) is 0 Å². The predicted octanol–water partition coefficient (Wildman–Crippen LogP) is 4.39. The van der Waals surface area contributed by atoms with Gasteiger partial charge < -0.3 is 14.2 Å². The van der Waals surface area contributed by atoms with E-state index in [1.807, 2.05) is 6.92 Å². The molecule has 7 heteroatoms. The quantitative estimate of drug-likeness (QED) is 0.469. The van der Waals surface area contributed by atoms with Crippen molar-refractivity contribution in [3.8, 4) is 11.5 Å². The van der Waals surface area contributed by atoms with E-state index in [1.165, 1.54) is 7.11 Å². The van der Waals surface area contributed by atoms with Crippen molar-refractivity contribution in [2.45, 2.75) is 59.3 Å². The summed E-state index contributed by atoms with van der Waals surface area (Å²) in [5, 5.41) is 0. The van der Waals surface area contributed by atoms with Crippen molar-refractivity contribution < 1.29 is 28.6 Å². The number of fused-ring (bicyclic) bond motifs is 1. The van der Waals surface area contributed by atoms with Crippen LogP contribution in [0.5, 0.6) is 11.5 Å². The molecule has 1 aromatic carbocycles.